The summed E-state index contributed by atoms with van der Waals surface area (Å²) >= 11 is 12.6. The average Bonchev–Trinajstić information content (AvgIpc) is 3.64. The zero-order valence-corrected chi connectivity index (χ0v) is 26.4. The molecule has 0 bridgehead atoms. The summed E-state index contributed by atoms with van der Waals surface area (Å²) in [6.07, 6.45) is 5.23. The molecule has 2 aromatic heterocycles. The maximum atomic E-state index is 14.7. The largest absolute Gasteiger partial charge is 0.466 e. The molecular formula is C31H37Cl2F3N4O4. The number of ketones is 1. The number of likely N-dealkylation sites (tertiary alicyclic amines) is 1. The van der Waals surface area contributed by atoms with Crippen molar-refractivity contribution in [2.45, 2.75) is 96.3 Å². The van der Waals surface area contributed by atoms with Crippen molar-refractivity contribution in [1.82, 2.24) is 19.7 Å². The molecule has 0 N–H and O–H groups in total. The standard InChI is InChI=1S/C31H37Cl2F3N4O4/c1-3-44-29(43)30(2)11-9-20(10-12-30)40-27(31(34,35)36)21(14-38-40)28(42)39-17-19(18-7-5-4-6-8-18)13-24(39)26(41)25-22(32)15-37-16-23(25)33/h14-16,18-20,24H,3-13,17H2,1-2H3/t19-,20-,24+,30-/m1/s1. The minimum absolute atomic E-state index is 0.00835. The van der Waals surface area contributed by atoms with E-state index in [1.807, 2.05) is 0 Å². The van der Waals surface area contributed by atoms with Crippen molar-refractivity contribution < 1.29 is 32.3 Å². The minimum Gasteiger partial charge on any atom is -0.466 e. The molecule has 0 aromatic carbocycles. The van der Waals surface area contributed by atoms with Crippen LogP contribution >= 0.6 is 23.2 Å². The van der Waals surface area contributed by atoms with Crippen molar-refractivity contribution in [3.05, 3.63) is 45.5 Å². The van der Waals surface area contributed by atoms with E-state index in [0.29, 0.717) is 19.3 Å². The summed E-state index contributed by atoms with van der Waals surface area (Å²) < 4.78 is 50.2. The van der Waals surface area contributed by atoms with Crippen LogP contribution in [0, 0.1) is 17.3 Å². The fourth-order valence-electron chi connectivity index (χ4n) is 7.33. The Morgan fingerprint density at radius 2 is 1.64 bits per heavy atom. The Hall–Kier alpha value is -2.66. The van der Waals surface area contributed by atoms with E-state index in [4.69, 9.17) is 27.9 Å². The number of pyridine rings is 1. The summed E-state index contributed by atoms with van der Waals surface area (Å²) in [7, 11) is 0. The Morgan fingerprint density at radius 1 is 1.00 bits per heavy atom. The number of carbonyl (C=O) groups is 3. The number of esters is 1. The highest BCUT2D eigenvalue weighted by Crippen LogP contribution is 2.45. The summed E-state index contributed by atoms with van der Waals surface area (Å²) in [6, 6.07) is -1.69. The van der Waals surface area contributed by atoms with Crippen LogP contribution in [0.5, 0.6) is 0 Å². The lowest BCUT2D eigenvalue weighted by atomic mass is 9.74. The van der Waals surface area contributed by atoms with Gasteiger partial charge in [0, 0.05) is 18.9 Å². The molecule has 0 unspecified atom stereocenters. The molecule has 2 aromatic rings. The number of amides is 1. The maximum Gasteiger partial charge on any atom is 0.433 e. The van der Waals surface area contributed by atoms with Crippen LogP contribution in [-0.2, 0) is 15.7 Å². The van der Waals surface area contributed by atoms with Crippen LogP contribution < -0.4 is 0 Å². The van der Waals surface area contributed by atoms with Gasteiger partial charge in [-0.05, 0) is 57.8 Å². The Bertz CT molecular complexity index is 1380. The molecule has 2 atom stereocenters. The number of nitrogens with zero attached hydrogens (tertiary/aromatic N) is 4. The second-order valence-electron chi connectivity index (χ2n) is 12.6. The number of ether oxygens (including phenoxy) is 1. The van der Waals surface area contributed by atoms with E-state index in [0.717, 1.165) is 43.0 Å². The first-order valence-corrected chi connectivity index (χ1v) is 16.1. The molecule has 2 aliphatic carbocycles. The summed E-state index contributed by atoms with van der Waals surface area (Å²) in [5.74, 6) is -1.55. The molecule has 0 spiro atoms. The lowest BCUT2D eigenvalue weighted by molar-refractivity contribution is -0.157. The topological polar surface area (TPSA) is 94.4 Å². The highest BCUT2D eigenvalue weighted by atomic mass is 35.5. The number of carbonyl (C=O) groups excluding carboxylic acids is 3. The second kappa shape index (κ2) is 13.0. The molecular weight excluding hydrogens is 620 g/mol. The third-order valence-corrected chi connectivity index (χ3v) is 10.4. The fraction of sp³-hybridized carbons (Fsp3) is 0.645. The van der Waals surface area contributed by atoms with Crippen LogP contribution in [-0.4, -0.2) is 56.5 Å². The molecule has 0 radical (unpaired) electrons. The lowest BCUT2D eigenvalue weighted by Gasteiger charge is -2.36. The zero-order valence-electron chi connectivity index (χ0n) is 24.8. The van der Waals surface area contributed by atoms with Gasteiger partial charge in [-0.3, -0.25) is 24.0 Å². The maximum absolute atomic E-state index is 14.7. The van der Waals surface area contributed by atoms with Crippen molar-refractivity contribution in [3.8, 4) is 0 Å². The molecule has 13 heteroatoms. The first-order valence-electron chi connectivity index (χ1n) is 15.3. The van der Waals surface area contributed by atoms with Gasteiger partial charge in [0.15, 0.2) is 11.5 Å². The van der Waals surface area contributed by atoms with E-state index in [-0.39, 0.29) is 59.4 Å². The summed E-state index contributed by atoms with van der Waals surface area (Å²) in [5, 5.41) is 4.13. The predicted octanol–water partition coefficient (Wildman–Crippen LogP) is 7.58. The quantitative estimate of drug-likeness (QED) is 0.225. The highest BCUT2D eigenvalue weighted by molar-refractivity contribution is 6.40. The lowest BCUT2D eigenvalue weighted by Crippen LogP contribution is -2.41. The van der Waals surface area contributed by atoms with Gasteiger partial charge in [0.05, 0.1) is 51.5 Å². The van der Waals surface area contributed by atoms with Gasteiger partial charge in [-0.25, -0.2) is 0 Å². The van der Waals surface area contributed by atoms with Crippen LogP contribution in [0.4, 0.5) is 13.2 Å². The monoisotopic (exact) mass is 656 g/mol. The third kappa shape index (κ3) is 6.36. The van der Waals surface area contributed by atoms with Gasteiger partial charge in [-0.2, -0.15) is 18.3 Å². The SMILES string of the molecule is CCOC(=O)[C@]1(C)CC[C@@H](n2ncc(C(=O)N3C[C@H](C4CCCCC4)C[C@H]3C(=O)c3c(Cl)cncc3Cl)c2C(F)(F)F)CC1. The number of rotatable bonds is 7. The molecule has 3 aliphatic rings. The van der Waals surface area contributed by atoms with E-state index < -0.39 is 46.6 Å². The van der Waals surface area contributed by atoms with Gasteiger partial charge >= 0.3 is 12.1 Å². The van der Waals surface area contributed by atoms with E-state index >= 15 is 0 Å². The molecule has 1 aliphatic heterocycles. The molecule has 1 saturated heterocycles. The number of hydrogen-bond acceptors (Lipinski definition) is 6. The molecule has 44 heavy (non-hydrogen) atoms. The molecule has 1 amide bonds. The van der Waals surface area contributed by atoms with Crippen LogP contribution in [0.2, 0.25) is 10.0 Å². The zero-order chi connectivity index (χ0) is 31.8. The number of Topliss-reactive ketones (excluding diaryl/α,β-unsaturated/α-hetero) is 1. The molecule has 3 fully saturated rings. The fourth-order valence-corrected chi connectivity index (χ4v) is 7.88. The van der Waals surface area contributed by atoms with Crippen LogP contribution in [0.1, 0.15) is 111 Å². The van der Waals surface area contributed by atoms with Crippen molar-refractivity contribution in [2.75, 3.05) is 13.2 Å². The van der Waals surface area contributed by atoms with Gasteiger partial charge in [-0.15, -0.1) is 0 Å². The molecule has 8 nitrogen and oxygen atoms in total. The highest BCUT2D eigenvalue weighted by Gasteiger charge is 2.49. The second-order valence-corrected chi connectivity index (χ2v) is 13.4. The number of hydrogen-bond donors (Lipinski definition) is 0. The Kier molecular flexibility index (Phi) is 9.66. The molecule has 5 rings (SSSR count). The van der Waals surface area contributed by atoms with E-state index in [2.05, 4.69) is 10.1 Å². The van der Waals surface area contributed by atoms with E-state index in [1.165, 1.54) is 17.3 Å². The smallest absolute Gasteiger partial charge is 0.433 e. The van der Waals surface area contributed by atoms with Crippen LogP contribution in [0.3, 0.4) is 0 Å². The van der Waals surface area contributed by atoms with Crippen molar-refractivity contribution in [3.63, 3.8) is 0 Å². The number of halogens is 5. The first-order chi connectivity index (χ1) is 20.9. The first kappa shape index (κ1) is 32.7. The van der Waals surface area contributed by atoms with E-state index in [1.54, 1.807) is 13.8 Å². The van der Waals surface area contributed by atoms with Gasteiger partial charge in [-0.1, -0.05) is 55.3 Å². The van der Waals surface area contributed by atoms with Crippen molar-refractivity contribution in [2.24, 2.45) is 17.3 Å². The van der Waals surface area contributed by atoms with Crippen molar-refractivity contribution in [1.29, 1.82) is 0 Å². The van der Waals surface area contributed by atoms with Crippen LogP contribution in [0.15, 0.2) is 18.6 Å². The Balaban J connectivity index is 1.46. The van der Waals surface area contributed by atoms with Gasteiger partial charge < -0.3 is 9.64 Å². The normalized spacial score (nSPS) is 26.5. The van der Waals surface area contributed by atoms with Gasteiger partial charge in [0.2, 0.25) is 0 Å². The average molecular weight is 658 g/mol. The molecule has 2 saturated carbocycles. The summed E-state index contributed by atoms with van der Waals surface area (Å²) in [6.45, 7) is 3.85. The Labute approximate surface area is 264 Å². The molecule has 240 valence electrons. The van der Waals surface area contributed by atoms with Crippen LogP contribution in [0.25, 0.3) is 0 Å². The summed E-state index contributed by atoms with van der Waals surface area (Å²) in [5.41, 5.74) is -2.51. The van der Waals surface area contributed by atoms with Gasteiger partial charge in [0.25, 0.3) is 5.91 Å². The third-order valence-electron chi connectivity index (χ3n) is 9.78. The van der Waals surface area contributed by atoms with E-state index in [9.17, 15) is 27.6 Å². The Morgan fingerprint density at radius 3 is 2.23 bits per heavy atom. The number of alkyl halides is 3. The predicted molar refractivity (Wildman–Crippen MR) is 158 cm³/mol. The van der Waals surface area contributed by atoms with Crippen molar-refractivity contribution >= 4 is 40.9 Å². The van der Waals surface area contributed by atoms with Gasteiger partial charge in [0.1, 0.15) is 0 Å². The molecule has 3 heterocycles. The minimum atomic E-state index is -4.89. The summed E-state index contributed by atoms with van der Waals surface area (Å²) in [4.78, 5) is 45.6. The number of aromatic nitrogens is 3.